The largest absolute Gasteiger partial charge is 0.469 e. The summed E-state index contributed by atoms with van der Waals surface area (Å²) in [5, 5.41) is 7.52. The molecule has 1 atom stereocenters. The van der Waals surface area contributed by atoms with Crippen molar-refractivity contribution < 1.29 is 8.94 Å². The molecule has 2 aromatic rings. The molecule has 5 heteroatoms. The van der Waals surface area contributed by atoms with Crippen LogP contribution in [0.1, 0.15) is 37.8 Å². The lowest BCUT2D eigenvalue weighted by Crippen LogP contribution is -2.43. The van der Waals surface area contributed by atoms with Gasteiger partial charge in [-0.25, -0.2) is 0 Å². The standard InChI is InChI=1S/C13H17N3O2/c1-9-10(5-8-17-9)11-15-12(18-16-11)13(2)6-3-4-7-14-13/h5,8,14H,3-4,6-7H2,1-2H3. The molecule has 1 unspecified atom stereocenters. The minimum Gasteiger partial charge on any atom is -0.469 e. The second-order valence-electron chi connectivity index (χ2n) is 5.03. The van der Waals surface area contributed by atoms with Gasteiger partial charge in [0.25, 0.3) is 0 Å². The molecule has 5 nitrogen and oxygen atoms in total. The Kier molecular flexibility index (Phi) is 2.70. The highest BCUT2D eigenvalue weighted by Crippen LogP contribution is 2.30. The van der Waals surface area contributed by atoms with Crippen molar-refractivity contribution in [2.45, 2.75) is 38.6 Å². The maximum atomic E-state index is 5.42. The second-order valence-corrected chi connectivity index (χ2v) is 5.03. The third-order valence-electron chi connectivity index (χ3n) is 3.62. The van der Waals surface area contributed by atoms with Crippen LogP contribution in [0.2, 0.25) is 0 Å². The summed E-state index contributed by atoms with van der Waals surface area (Å²) < 4.78 is 10.7. The number of aromatic nitrogens is 2. The minimum absolute atomic E-state index is 0.193. The topological polar surface area (TPSA) is 64.1 Å². The second kappa shape index (κ2) is 4.24. The number of aryl methyl sites for hydroxylation is 1. The van der Waals surface area contributed by atoms with Gasteiger partial charge >= 0.3 is 0 Å². The van der Waals surface area contributed by atoms with Crippen molar-refractivity contribution in [3.05, 3.63) is 24.0 Å². The number of nitrogens with zero attached hydrogens (tertiary/aromatic N) is 2. The Bertz CT molecular complexity index is 538. The first-order valence-electron chi connectivity index (χ1n) is 6.33. The monoisotopic (exact) mass is 247 g/mol. The summed E-state index contributed by atoms with van der Waals surface area (Å²) >= 11 is 0. The van der Waals surface area contributed by atoms with Crippen molar-refractivity contribution in [3.8, 4) is 11.4 Å². The molecule has 1 N–H and O–H groups in total. The summed E-state index contributed by atoms with van der Waals surface area (Å²) in [6.45, 7) is 5.01. The maximum absolute atomic E-state index is 5.42. The van der Waals surface area contributed by atoms with Crippen molar-refractivity contribution in [2.75, 3.05) is 6.54 Å². The van der Waals surface area contributed by atoms with Gasteiger partial charge in [0.1, 0.15) is 5.76 Å². The predicted molar refractivity (Wildman–Crippen MR) is 65.9 cm³/mol. The molecule has 18 heavy (non-hydrogen) atoms. The van der Waals surface area contributed by atoms with Crippen LogP contribution in [0.5, 0.6) is 0 Å². The zero-order chi connectivity index (χ0) is 12.6. The molecule has 0 amide bonds. The fraction of sp³-hybridized carbons (Fsp3) is 0.538. The van der Waals surface area contributed by atoms with Gasteiger partial charge in [-0.1, -0.05) is 5.16 Å². The van der Waals surface area contributed by atoms with Crippen molar-refractivity contribution >= 4 is 0 Å². The van der Waals surface area contributed by atoms with Crippen molar-refractivity contribution in [2.24, 2.45) is 0 Å². The summed E-state index contributed by atoms with van der Waals surface area (Å²) in [7, 11) is 0. The molecular weight excluding hydrogens is 230 g/mol. The van der Waals surface area contributed by atoms with Gasteiger partial charge in [-0.2, -0.15) is 4.98 Å². The SMILES string of the molecule is Cc1occc1-c1noc(C2(C)CCCCN2)n1. The van der Waals surface area contributed by atoms with Crippen LogP contribution in [-0.4, -0.2) is 16.7 Å². The van der Waals surface area contributed by atoms with E-state index < -0.39 is 0 Å². The lowest BCUT2D eigenvalue weighted by atomic mass is 9.91. The molecule has 1 saturated heterocycles. The van der Waals surface area contributed by atoms with E-state index in [1.807, 2.05) is 13.0 Å². The average molecular weight is 247 g/mol. The van der Waals surface area contributed by atoms with Crippen LogP contribution in [0.4, 0.5) is 0 Å². The molecule has 0 aromatic carbocycles. The van der Waals surface area contributed by atoms with E-state index in [2.05, 4.69) is 22.4 Å². The molecule has 0 radical (unpaired) electrons. The van der Waals surface area contributed by atoms with E-state index in [4.69, 9.17) is 8.94 Å². The third-order valence-corrected chi connectivity index (χ3v) is 3.62. The smallest absolute Gasteiger partial charge is 0.246 e. The number of nitrogens with one attached hydrogen (secondary N) is 1. The molecule has 0 bridgehead atoms. The highest BCUT2D eigenvalue weighted by Gasteiger charge is 2.34. The number of hydrogen-bond donors (Lipinski definition) is 1. The first-order valence-corrected chi connectivity index (χ1v) is 6.33. The highest BCUT2D eigenvalue weighted by atomic mass is 16.5. The fourth-order valence-electron chi connectivity index (χ4n) is 2.41. The summed E-state index contributed by atoms with van der Waals surface area (Å²) in [5.74, 6) is 2.08. The maximum Gasteiger partial charge on any atom is 0.246 e. The molecule has 1 aliphatic heterocycles. The molecule has 1 aliphatic rings. The quantitative estimate of drug-likeness (QED) is 0.883. The van der Waals surface area contributed by atoms with E-state index in [0.717, 1.165) is 24.3 Å². The zero-order valence-electron chi connectivity index (χ0n) is 10.7. The number of piperidine rings is 1. The molecule has 3 heterocycles. The molecule has 1 fully saturated rings. The lowest BCUT2D eigenvalue weighted by Gasteiger charge is -2.31. The van der Waals surface area contributed by atoms with Crippen LogP contribution >= 0.6 is 0 Å². The van der Waals surface area contributed by atoms with E-state index >= 15 is 0 Å². The van der Waals surface area contributed by atoms with Gasteiger partial charge < -0.3 is 14.3 Å². The van der Waals surface area contributed by atoms with Gasteiger partial charge in [-0.15, -0.1) is 0 Å². The van der Waals surface area contributed by atoms with Crippen LogP contribution in [0.25, 0.3) is 11.4 Å². The van der Waals surface area contributed by atoms with E-state index in [-0.39, 0.29) is 5.54 Å². The molecule has 0 aliphatic carbocycles. The van der Waals surface area contributed by atoms with E-state index in [9.17, 15) is 0 Å². The Morgan fingerprint density at radius 2 is 2.28 bits per heavy atom. The Morgan fingerprint density at radius 1 is 1.39 bits per heavy atom. The molecular formula is C13H17N3O2. The summed E-state index contributed by atoms with van der Waals surface area (Å²) in [6, 6.07) is 1.86. The normalized spacial score (nSPS) is 24.3. The first-order chi connectivity index (χ1) is 8.69. The van der Waals surface area contributed by atoms with Gasteiger partial charge in [-0.3, -0.25) is 0 Å². The van der Waals surface area contributed by atoms with Gasteiger partial charge in [0.05, 0.1) is 17.4 Å². The molecule has 96 valence electrons. The van der Waals surface area contributed by atoms with E-state index in [1.165, 1.54) is 12.8 Å². The molecule has 0 spiro atoms. The molecule has 2 aromatic heterocycles. The van der Waals surface area contributed by atoms with Crippen LogP contribution in [0, 0.1) is 6.92 Å². The van der Waals surface area contributed by atoms with Crippen molar-refractivity contribution in [1.29, 1.82) is 0 Å². The highest BCUT2D eigenvalue weighted by molar-refractivity contribution is 5.56. The summed E-state index contributed by atoms with van der Waals surface area (Å²) in [5.41, 5.74) is 0.700. The minimum atomic E-state index is -0.193. The average Bonchev–Trinajstić information content (AvgIpc) is 2.98. The van der Waals surface area contributed by atoms with Gasteiger partial charge in [0.2, 0.25) is 11.7 Å². The van der Waals surface area contributed by atoms with Crippen LogP contribution in [0.15, 0.2) is 21.3 Å². The summed E-state index contributed by atoms with van der Waals surface area (Å²) in [6.07, 6.45) is 5.06. The van der Waals surface area contributed by atoms with E-state index in [0.29, 0.717) is 11.7 Å². The third kappa shape index (κ3) is 1.84. The Morgan fingerprint density at radius 3 is 2.94 bits per heavy atom. The Hall–Kier alpha value is -1.62. The van der Waals surface area contributed by atoms with Gasteiger partial charge in [0, 0.05) is 0 Å². The number of hydrogen-bond acceptors (Lipinski definition) is 5. The van der Waals surface area contributed by atoms with Gasteiger partial charge in [0.15, 0.2) is 0 Å². The summed E-state index contributed by atoms with van der Waals surface area (Å²) in [4.78, 5) is 4.51. The van der Waals surface area contributed by atoms with Gasteiger partial charge in [-0.05, 0) is 45.7 Å². The molecule has 0 saturated carbocycles. The number of furan rings is 1. The van der Waals surface area contributed by atoms with Crippen molar-refractivity contribution in [1.82, 2.24) is 15.5 Å². The predicted octanol–water partition coefficient (Wildman–Crippen LogP) is 2.63. The first kappa shape index (κ1) is 11.5. The Labute approximate surface area is 106 Å². The Balaban J connectivity index is 1.92. The fourth-order valence-corrected chi connectivity index (χ4v) is 2.41. The number of rotatable bonds is 2. The van der Waals surface area contributed by atoms with Crippen LogP contribution in [0.3, 0.4) is 0 Å². The van der Waals surface area contributed by atoms with Crippen LogP contribution in [-0.2, 0) is 5.54 Å². The zero-order valence-corrected chi connectivity index (χ0v) is 10.7. The van der Waals surface area contributed by atoms with E-state index in [1.54, 1.807) is 6.26 Å². The van der Waals surface area contributed by atoms with Crippen molar-refractivity contribution in [3.63, 3.8) is 0 Å². The lowest BCUT2D eigenvalue weighted by molar-refractivity contribution is 0.207. The van der Waals surface area contributed by atoms with Crippen LogP contribution < -0.4 is 5.32 Å². The molecule has 3 rings (SSSR count).